The van der Waals surface area contributed by atoms with Crippen LogP contribution in [-0.2, 0) is 6.54 Å². The molecule has 0 unspecified atom stereocenters. The lowest BCUT2D eigenvalue weighted by molar-refractivity contribution is 0.268. The highest BCUT2D eigenvalue weighted by molar-refractivity contribution is 5.12. The summed E-state index contributed by atoms with van der Waals surface area (Å²) in [6, 6.07) is 0. The number of aryl methyl sites for hydroxylation is 1. The van der Waals surface area contributed by atoms with Gasteiger partial charge in [0.2, 0.25) is 5.95 Å². The largest absolute Gasteiger partial charge is 0.394 e. The highest BCUT2D eigenvalue weighted by Gasteiger charge is 1.99. The molecule has 0 aliphatic heterocycles. The zero-order valence-corrected chi connectivity index (χ0v) is 5.78. The average molecular weight is 142 g/mol. The van der Waals surface area contributed by atoms with Crippen LogP contribution in [0.4, 0.5) is 5.95 Å². The Labute approximate surface area is 58.5 Å². The number of aliphatic hydroxyl groups is 1. The Morgan fingerprint density at radius 3 is 2.80 bits per heavy atom. The Bertz CT molecular complexity index is 219. The number of nitrogens with zero attached hydrogens (tertiary/aromatic N) is 3. The number of hydrogen-bond acceptors (Lipinski definition) is 4. The molecule has 10 heavy (non-hydrogen) atoms. The van der Waals surface area contributed by atoms with Gasteiger partial charge in [-0.3, -0.25) is 0 Å². The molecule has 1 heterocycles. The Morgan fingerprint density at radius 2 is 2.40 bits per heavy atom. The molecule has 5 nitrogen and oxygen atoms in total. The second-order valence-electron chi connectivity index (χ2n) is 1.96. The van der Waals surface area contributed by atoms with Crippen molar-refractivity contribution in [1.29, 1.82) is 0 Å². The maximum Gasteiger partial charge on any atom is 0.239 e. The van der Waals surface area contributed by atoms with E-state index in [2.05, 4.69) is 10.1 Å². The molecule has 0 aliphatic rings. The summed E-state index contributed by atoms with van der Waals surface area (Å²) in [6.07, 6.45) is 0. The lowest BCUT2D eigenvalue weighted by Crippen LogP contribution is -2.05. The molecule has 3 N–H and O–H groups in total. The average Bonchev–Trinajstić information content (AvgIpc) is 2.13. The maximum absolute atomic E-state index is 8.52. The van der Waals surface area contributed by atoms with E-state index in [1.54, 1.807) is 11.6 Å². The van der Waals surface area contributed by atoms with Crippen LogP contribution in [0.25, 0.3) is 0 Å². The second kappa shape index (κ2) is 2.66. The summed E-state index contributed by atoms with van der Waals surface area (Å²) in [4.78, 5) is 3.85. The molecule has 0 aliphatic carbocycles. The summed E-state index contributed by atoms with van der Waals surface area (Å²) < 4.78 is 1.56. The van der Waals surface area contributed by atoms with Gasteiger partial charge in [0.25, 0.3) is 0 Å². The van der Waals surface area contributed by atoms with Gasteiger partial charge < -0.3 is 10.8 Å². The van der Waals surface area contributed by atoms with Crippen LogP contribution in [0.15, 0.2) is 0 Å². The van der Waals surface area contributed by atoms with Crippen LogP contribution in [0, 0.1) is 6.92 Å². The van der Waals surface area contributed by atoms with Gasteiger partial charge in [-0.2, -0.15) is 4.98 Å². The first kappa shape index (κ1) is 7.01. The van der Waals surface area contributed by atoms with E-state index in [0.717, 1.165) is 5.82 Å². The fourth-order valence-electron chi connectivity index (χ4n) is 0.748. The fourth-order valence-corrected chi connectivity index (χ4v) is 0.748. The molecule has 0 saturated heterocycles. The molecule has 0 spiro atoms. The van der Waals surface area contributed by atoms with E-state index in [-0.39, 0.29) is 12.6 Å². The molecule has 0 radical (unpaired) electrons. The molecule has 0 fully saturated rings. The standard InChI is InChI=1S/C5H10N4O/c1-4-7-5(6)8-9(4)2-3-10/h10H,2-3H2,1H3,(H2,6,8). The lowest BCUT2D eigenvalue weighted by atomic mass is 10.6. The van der Waals surface area contributed by atoms with E-state index in [4.69, 9.17) is 10.8 Å². The van der Waals surface area contributed by atoms with Crippen LogP contribution < -0.4 is 5.73 Å². The van der Waals surface area contributed by atoms with E-state index in [1.807, 2.05) is 0 Å². The zero-order valence-electron chi connectivity index (χ0n) is 5.78. The molecule has 1 aromatic rings. The minimum atomic E-state index is 0.0592. The predicted octanol–water partition coefficient (Wildman–Crippen LogP) is -0.839. The van der Waals surface area contributed by atoms with Gasteiger partial charge in [0.05, 0.1) is 13.2 Å². The minimum absolute atomic E-state index is 0.0592. The van der Waals surface area contributed by atoms with Gasteiger partial charge >= 0.3 is 0 Å². The molecular weight excluding hydrogens is 132 g/mol. The molecular formula is C5H10N4O. The molecule has 0 saturated carbocycles. The Hall–Kier alpha value is -1.10. The van der Waals surface area contributed by atoms with Crippen molar-refractivity contribution in [3.63, 3.8) is 0 Å². The number of anilines is 1. The van der Waals surface area contributed by atoms with Crippen LogP contribution >= 0.6 is 0 Å². The first-order chi connectivity index (χ1) is 4.74. The third-order valence-corrected chi connectivity index (χ3v) is 1.18. The van der Waals surface area contributed by atoms with Gasteiger partial charge in [0.1, 0.15) is 5.82 Å². The summed E-state index contributed by atoms with van der Waals surface area (Å²) >= 11 is 0. The molecule has 0 atom stereocenters. The highest BCUT2D eigenvalue weighted by atomic mass is 16.3. The third kappa shape index (κ3) is 1.24. The van der Waals surface area contributed by atoms with Gasteiger partial charge in [0, 0.05) is 0 Å². The van der Waals surface area contributed by atoms with Gasteiger partial charge in [-0.05, 0) is 6.92 Å². The number of aliphatic hydroxyl groups excluding tert-OH is 1. The Kier molecular flexibility index (Phi) is 1.86. The Balaban J connectivity index is 2.81. The van der Waals surface area contributed by atoms with Crippen molar-refractivity contribution in [2.75, 3.05) is 12.3 Å². The van der Waals surface area contributed by atoms with Crippen molar-refractivity contribution in [2.45, 2.75) is 13.5 Å². The van der Waals surface area contributed by atoms with Crippen molar-refractivity contribution < 1.29 is 5.11 Å². The Morgan fingerprint density at radius 1 is 1.70 bits per heavy atom. The van der Waals surface area contributed by atoms with Gasteiger partial charge in [0.15, 0.2) is 0 Å². The molecule has 0 aromatic carbocycles. The van der Waals surface area contributed by atoms with Crippen molar-refractivity contribution in [3.05, 3.63) is 5.82 Å². The molecule has 56 valence electrons. The van der Waals surface area contributed by atoms with Crippen LogP contribution in [0.3, 0.4) is 0 Å². The van der Waals surface area contributed by atoms with Gasteiger partial charge in [-0.25, -0.2) is 4.68 Å². The third-order valence-electron chi connectivity index (χ3n) is 1.18. The monoisotopic (exact) mass is 142 g/mol. The first-order valence-electron chi connectivity index (χ1n) is 3.02. The van der Waals surface area contributed by atoms with Crippen molar-refractivity contribution >= 4 is 5.95 Å². The van der Waals surface area contributed by atoms with E-state index >= 15 is 0 Å². The van der Waals surface area contributed by atoms with Crippen LogP contribution in [0.5, 0.6) is 0 Å². The number of nitrogens with two attached hydrogens (primary N) is 1. The number of aromatic nitrogens is 3. The normalized spacial score (nSPS) is 10.2. The summed E-state index contributed by atoms with van der Waals surface area (Å²) in [5, 5.41) is 12.3. The predicted molar refractivity (Wildman–Crippen MR) is 36.3 cm³/mol. The number of nitrogen functional groups attached to an aromatic ring is 1. The summed E-state index contributed by atoms with van der Waals surface area (Å²) in [7, 11) is 0. The fraction of sp³-hybridized carbons (Fsp3) is 0.600. The van der Waals surface area contributed by atoms with E-state index in [9.17, 15) is 0 Å². The number of rotatable bonds is 2. The van der Waals surface area contributed by atoms with Crippen LogP contribution in [0.2, 0.25) is 0 Å². The van der Waals surface area contributed by atoms with Crippen molar-refractivity contribution in [2.24, 2.45) is 0 Å². The molecule has 1 rings (SSSR count). The summed E-state index contributed by atoms with van der Waals surface area (Å²) in [5.74, 6) is 0.984. The van der Waals surface area contributed by atoms with Gasteiger partial charge in [-0.15, -0.1) is 5.10 Å². The lowest BCUT2D eigenvalue weighted by Gasteiger charge is -1.96. The first-order valence-corrected chi connectivity index (χ1v) is 3.02. The number of hydrogen-bond donors (Lipinski definition) is 2. The van der Waals surface area contributed by atoms with E-state index < -0.39 is 0 Å². The molecule has 0 amide bonds. The summed E-state index contributed by atoms with van der Waals surface area (Å²) in [5.41, 5.74) is 5.29. The second-order valence-corrected chi connectivity index (χ2v) is 1.96. The summed E-state index contributed by atoms with van der Waals surface area (Å²) in [6.45, 7) is 2.30. The quantitative estimate of drug-likeness (QED) is 0.564. The van der Waals surface area contributed by atoms with E-state index in [1.165, 1.54) is 0 Å². The molecule has 5 heteroatoms. The van der Waals surface area contributed by atoms with Crippen LogP contribution in [0.1, 0.15) is 5.82 Å². The highest BCUT2D eigenvalue weighted by Crippen LogP contribution is 1.96. The van der Waals surface area contributed by atoms with E-state index in [0.29, 0.717) is 6.54 Å². The van der Waals surface area contributed by atoms with Crippen molar-refractivity contribution in [3.8, 4) is 0 Å². The zero-order chi connectivity index (χ0) is 7.56. The van der Waals surface area contributed by atoms with Crippen LogP contribution in [-0.4, -0.2) is 26.5 Å². The topological polar surface area (TPSA) is 77.0 Å². The minimum Gasteiger partial charge on any atom is -0.394 e. The molecule has 0 bridgehead atoms. The molecule has 1 aromatic heterocycles. The maximum atomic E-state index is 8.52. The van der Waals surface area contributed by atoms with Gasteiger partial charge in [-0.1, -0.05) is 0 Å². The SMILES string of the molecule is Cc1nc(N)nn1CCO. The van der Waals surface area contributed by atoms with Crippen molar-refractivity contribution in [1.82, 2.24) is 14.8 Å². The smallest absolute Gasteiger partial charge is 0.239 e.